The number of carbonyl (C=O) groups is 1. The van der Waals surface area contributed by atoms with E-state index in [1.165, 1.54) is 0 Å². The van der Waals surface area contributed by atoms with Gasteiger partial charge in [0.2, 0.25) is 0 Å². The van der Waals surface area contributed by atoms with Gasteiger partial charge in [0.05, 0.1) is 0 Å². The van der Waals surface area contributed by atoms with Crippen LogP contribution in [-0.2, 0) is 18.2 Å². The molecule has 0 aliphatic rings. The van der Waals surface area contributed by atoms with Gasteiger partial charge < -0.3 is 31.4 Å². The first-order valence-corrected chi connectivity index (χ1v) is 17.7. The third-order valence-electron chi connectivity index (χ3n) is 6.54. The van der Waals surface area contributed by atoms with Crippen LogP contribution in [-0.4, -0.2) is 39.4 Å². The van der Waals surface area contributed by atoms with Gasteiger partial charge in [0.1, 0.15) is 17.5 Å². The molecule has 0 radical (unpaired) electrons. The van der Waals surface area contributed by atoms with Crippen LogP contribution in [0, 0.1) is 0 Å². The Morgan fingerprint density at radius 1 is 0.756 bits per heavy atom. The number of nitrogens with zero attached hydrogens (tertiary/aromatic N) is 1. The summed E-state index contributed by atoms with van der Waals surface area (Å²) < 4.78 is 41.3. The fraction of sp³-hybridized carbons (Fsp3) is 0.533. The molecule has 0 aliphatic heterocycles. The average Bonchev–Trinajstić information content (AvgIpc) is 2.89. The number of benzene rings is 2. The second-order valence-corrected chi connectivity index (χ2v) is 14.6. The van der Waals surface area contributed by atoms with Crippen LogP contribution in [0.3, 0.4) is 0 Å². The van der Waals surface area contributed by atoms with E-state index in [1.807, 2.05) is 67.5 Å². The molecule has 3 atom stereocenters. The van der Waals surface area contributed by atoms with Gasteiger partial charge in [-0.25, -0.2) is 9.13 Å². The summed E-state index contributed by atoms with van der Waals surface area (Å²) in [4.78, 5) is 34.8. The lowest BCUT2D eigenvalue weighted by atomic mass is 9.94. The molecule has 0 aromatic heterocycles. The highest BCUT2D eigenvalue weighted by molar-refractivity contribution is 7.61. The van der Waals surface area contributed by atoms with Crippen molar-refractivity contribution in [2.45, 2.75) is 97.9 Å². The summed E-state index contributed by atoms with van der Waals surface area (Å²) in [7, 11) is -10.0. The first kappa shape index (κ1) is 40.1. The number of hydrogen-bond acceptors (Lipinski definition) is 8. The number of aliphatic carboxylic acids is 1. The SMILES string of the molecule is CC(C)c1cccc(C(C)C)c1OP(=O)(O)OP(=O)(O)Oc1c(C(C)C)cccc1C(C)C.NC(N)=NCCCC(N)C(=O)O. The van der Waals surface area contributed by atoms with Gasteiger partial charge in [0, 0.05) is 6.54 Å². The van der Waals surface area contributed by atoms with E-state index in [1.54, 1.807) is 24.3 Å². The molecule has 0 spiro atoms. The molecule has 45 heavy (non-hydrogen) atoms. The van der Waals surface area contributed by atoms with E-state index in [9.17, 15) is 23.7 Å². The summed E-state index contributed by atoms with van der Waals surface area (Å²) in [6, 6.07) is 10.0. The zero-order valence-corrected chi connectivity index (χ0v) is 29.1. The molecule has 0 amide bonds. The maximum absolute atomic E-state index is 12.9. The van der Waals surface area contributed by atoms with Gasteiger partial charge in [-0.05, 0) is 58.8 Å². The van der Waals surface area contributed by atoms with Gasteiger partial charge in [-0.1, -0.05) is 91.8 Å². The summed E-state index contributed by atoms with van der Waals surface area (Å²) in [6.07, 6.45) is 0.956. The van der Waals surface area contributed by atoms with Gasteiger partial charge in [0.25, 0.3) is 0 Å². The highest BCUT2D eigenvalue weighted by Gasteiger charge is 2.40. The Hall–Kier alpha value is -2.92. The molecule has 9 N–H and O–H groups in total. The van der Waals surface area contributed by atoms with Crippen molar-refractivity contribution in [1.82, 2.24) is 0 Å². The third-order valence-corrected chi connectivity index (χ3v) is 9.02. The van der Waals surface area contributed by atoms with Crippen molar-refractivity contribution in [3.63, 3.8) is 0 Å². The number of carboxylic acid groups (broad SMARTS) is 1. The second-order valence-electron chi connectivity index (χ2n) is 11.7. The molecule has 2 aromatic rings. The van der Waals surface area contributed by atoms with Gasteiger partial charge in [-0.3, -0.25) is 19.6 Å². The molecule has 2 rings (SSSR count). The zero-order valence-electron chi connectivity index (χ0n) is 27.3. The molecule has 2 aromatic carbocycles. The number of rotatable bonds is 15. The zero-order chi connectivity index (χ0) is 34.7. The first-order chi connectivity index (χ1) is 20.7. The lowest BCUT2D eigenvalue weighted by Crippen LogP contribution is -2.30. The van der Waals surface area contributed by atoms with E-state index >= 15 is 0 Å². The van der Waals surface area contributed by atoms with E-state index < -0.39 is 27.7 Å². The van der Waals surface area contributed by atoms with E-state index in [2.05, 4.69) is 4.99 Å². The molecule has 0 saturated heterocycles. The Labute approximate surface area is 266 Å². The first-order valence-electron chi connectivity index (χ1n) is 14.7. The predicted octanol–water partition coefficient (Wildman–Crippen LogP) is 6.31. The molecule has 0 saturated carbocycles. The van der Waals surface area contributed by atoms with Crippen LogP contribution in [0.15, 0.2) is 41.4 Å². The lowest BCUT2D eigenvalue weighted by Gasteiger charge is -2.24. The fourth-order valence-electron chi connectivity index (χ4n) is 4.21. The topological polar surface area (TPSA) is 230 Å². The summed E-state index contributed by atoms with van der Waals surface area (Å²) in [5.74, 6) is -0.675. The molecule has 0 aliphatic carbocycles. The largest absolute Gasteiger partial charge is 0.537 e. The Bertz CT molecular complexity index is 1260. The molecule has 15 heteroatoms. The average molecular weight is 673 g/mol. The molecule has 254 valence electrons. The van der Waals surface area contributed by atoms with E-state index in [0.29, 0.717) is 41.6 Å². The number of carboxylic acids is 1. The molecular weight excluding hydrogens is 622 g/mol. The quantitative estimate of drug-likeness (QED) is 0.0529. The van der Waals surface area contributed by atoms with Crippen molar-refractivity contribution in [3.05, 3.63) is 58.7 Å². The van der Waals surface area contributed by atoms with Crippen LogP contribution in [0.4, 0.5) is 0 Å². The van der Waals surface area contributed by atoms with Crippen LogP contribution in [0.5, 0.6) is 11.5 Å². The van der Waals surface area contributed by atoms with Gasteiger partial charge in [-0.15, -0.1) is 0 Å². The maximum Gasteiger partial charge on any atom is 0.537 e. The summed E-state index contributed by atoms with van der Waals surface area (Å²) in [6.45, 7) is 15.8. The molecule has 0 heterocycles. The maximum atomic E-state index is 12.9. The van der Waals surface area contributed by atoms with Gasteiger partial charge in [0.15, 0.2) is 5.96 Å². The third kappa shape index (κ3) is 13.5. The van der Waals surface area contributed by atoms with Crippen LogP contribution in [0.1, 0.15) is 114 Å². The molecule has 0 fully saturated rings. The summed E-state index contributed by atoms with van der Waals surface area (Å²) >= 11 is 0. The van der Waals surface area contributed by atoms with Gasteiger partial charge in [-0.2, -0.15) is 4.31 Å². The number of nitrogens with two attached hydrogens (primary N) is 3. The highest BCUT2D eigenvalue weighted by atomic mass is 31.3. The van der Waals surface area contributed by atoms with Crippen LogP contribution < -0.4 is 26.2 Å². The van der Waals surface area contributed by atoms with Crippen molar-refractivity contribution in [2.24, 2.45) is 22.2 Å². The van der Waals surface area contributed by atoms with Crippen molar-refractivity contribution >= 4 is 27.6 Å². The number of aliphatic imine (C=N–C) groups is 1. The molecule has 13 nitrogen and oxygen atoms in total. The minimum Gasteiger partial charge on any atom is -0.480 e. The second kappa shape index (κ2) is 17.7. The predicted molar refractivity (Wildman–Crippen MR) is 177 cm³/mol. The summed E-state index contributed by atoms with van der Waals surface area (Å²) in [5.41, 5.74) is 18.1. The number of hydrogen-bond donors (Lipinski definition) is 6. The number of para-hydroxylation sites is 2. The lowest BCUT2D eigenvalue weighted by molar-refractivity contribution is -0.138. The smallest absolute Gasteiger partial charge is 0.480 e. The van der Waals surface area contributed by atoms with E-state index in [-0.39, 0.29) is 41.1 Å². The minimum absolute atomic E-state index is 0.0117. The van der Waals surface area contributed by atoms with Crippen LogP contribution in [0.25, 0.3) is 0 Å². The Morgan fingerprint density at radius 3 is 1.36 bits per heavy atom. The van der Waals surface area contributed by atoms with Crippen molar-refractivity contribution in [1.29, 1.82) is 0 Å². The normalized spacial score (nSPS) is 14.7. The summed E-state index contributed by atoms with van der Waals surface area (Å²) in [5, 5.41) is 8.38. The van der Waals surface area contributed by atoms with Crippen LogP contribution in [0.2, 0.25) is 0 Å². The van der Waals surface area contributed by atoms with Crippen molar-refractivity contribution < 1.29 is 42.2 Å². The monoisotopic (exact) mass is 672 g/mol. The van der Waals surface area contributed by atoms with Crippen molar-refractivity contribution in [3.8, 4) is 11.5 Å². The molecular formula is C30H50N4O9P2. The Kier molecular flexibility index (Phi) is 15.8. The standard InChI is InChI=1S/C24H36O7P2.C6H14N4O2/c1-15(2)19-11-9-12-20(16(3)4)23(19)29-32(25,26)31-33(27,28)30-24-21(17(5)6)13-10-14-22(24)18(7)8;7-4(5(11)12)2-1-3-10-6(8)9/h9-18H,1-8H3,(H,25,26)(H,27,28);4H,1-3,7H2,(H,11,12)(H4,8,9,10). The highest BCUT2D eigenvalue weighted by Crippen LogP contribution is 2.61. The number of phosphoric ester groups is 2. The van der Waals surface area contributed by atoms with Crippen LogP contribution >= 0.6 is 15.6 Å². The molecule has 3 unspecified atom stereocenters. The Balaban J connectivity index is 0.000000712. The number of phosphoric acid groups is 2. The Morgan fingerprint density at radius 2 is 1.09 bits per heavy atom. The van der Waals surface area contributed by atoms with Crippen molar-refractivity contribution in [2.75, 3.05) is 6.54 Å². The molecule has 0 bridgehead atoms. The van der Waals surface area contributed by atoms with E-state index in [4.69, 9.17) is 35.7 Å². The van der Waals surface area contributed by atoms with Gasteiger partial charge >= 0.3 is 21.6 Å². The number of guanidine groups is 1. The fourth-order valence-corrected chi connectivity index (χ4v) is 6.41. The minimum atomic E-state index is -5.02. The van der Waals surface area contributed by atoms with E-state index in [0.717, 1.165) is 0 Å².